The predicted octanol–water partition coefficient (Wildman–Crippen LogP) is 0.689. The molecule has 2 heterocycles. The highest BCUT2D eigenvalue weighted by Crippen LogP contribution is 2.40. The molecule has 0 aliphatic carbocycles. The van der Waals surface area contributed by atoms with Gasteiger partial charge < -0.3 is 9.84 Å². The normalized spacial score (nSPS) is 56.7. The molecule has 2 rings (SSSR count). The van der Waals surface area contributed by atoms with Crippen LogP contribution in [0.1, 0.15) is 26.2 Å². The Kier molecular flexibility index (Phi) is 0.945. The molecule has 0 aromatic carbocycles. The molecule has 9 heavy (non-hydrogen) atoms. The molecule has 52 valence electrons. The molecule has 2 aliphatic heterocycles. The summed E-state index contributed by atoms with van der Waals surface area (Å²) in [6.07, 6.45) is 3.56. The first-order chi connectivity index (χ1) is 4.18. The maximum Gasteiger partial charge on any atom is 0.0905 e. The third-order valence-electron chi connectivity index (χ3n) is 2.44. The minimum Gasteiger partial charge on any atom is -0.387 e. The maximum atomic E-state index is 9.56. The number of hydrogen-bond acceptors (Lipinski definition) is 2. The first-order valence-electron chi connectivity index (χ1n) is 3.56. The van der Waals surface area contributed by atoms with Crippen LogP contribution >= 0.6 is 0 Å². The average molecular weight is 128 g/mol. The van der Waals surface area contributed by atoms with Crippen molar-refractivity contribution in [1.82, 2.24) is 0 Å². The van der Waals surface area contributed by atoms with Gasteiger partial charge in [-0.25, -0.2) is 0 Å². The summed E-state index contributed by atoms with van der Waals surface area (Å²) in [4.78, 5) is 0. The van der Waals surface area contributed by atoms with E-state index in [0.717, 1.165) is 19.3 Å². The molecular formula is C7H12O2. The molecule has 0 aromatic heterocycles. The van der Waals surface area contributed by atoms with Crippen molar-refractivity contribution >= 4 is 0 Å². The van der Waals surface area contributed by atoms with Crippen molar-refractivity contribution in [2.75, 3.05) is 0 Å². The molecule has 1 N–H and O–H groups in total. The molecule has 2 fully saturated rings. The van der Waals surface area contributed by atoms with Crippen molar-refractivity contribution in [3.05, 3.63) is 0 Å². The van der Waals surface area contributed by atoms with Crippen LogP contribution in [0.15, 0.2) is 0 Å². The molecule has 3 unspecified atom stereocenters. The molecule has 2 bridgehead atoms. The SMILES string of the molecule is CC1(O)CC2CCC1O2. The van der Waals surface area contributed by atoms with Crippen LogP contribution in [0.5, 0.6) is 0 Å². The highest BCUT2D eigenvalue weighted by atomic mass is 16.5. The molecule has 0 radical (unpaired) electrons. The van der Waals surface area contributed by atoms with Gasteiger partial charge in [0.1, 0.15) is 0 Å². The molecule has 0 spiro atoms. The summed E-state index contributed by atoms with van der Waals surface area (Å²) in [5.74, 6) is 0. The van der Waals surface area contributed by atoms with Crippen LogP contribution in [0.4, 0.5) is 0 Å². The summed E-state index contributed by atoms with van der Waals surface area (Å²) in [7, 11) is 0. The molecule has 2 saturated heterocycles. The Labute approximate surface area is 54.8 Å². The summed E-state index contributed by atoms with van der Waals surface area (Å²) in [6.45, 7) is 1.87. The minimum absolute atomic E-state index is 0.141. The fourth-order valence-electron chi connectivity index (χ4n) is 1.91. The van der Waals surface area contributed by atoms with Crippen LogP contribution in [-0.4, -0.2) is 22.9 Å². The van der Waals surface area contributed by atoms with E-state index in [2.05, 4.69) is 0 Å². The van der Waals surface area contributed by atoms with Crippen molar-refractivity contribution < 1.29 is 9.84 Å². The standard InChI is InChI=1S/C7H12O2/c1-7(8)4-5-2-3-6(7)9-5/h5-6,8H,2-4H2,1H3. The minimum atomic E-state index is -0.511. The quantitative estimate of drug-likeness (QED) is 0.520. The molecule has 3 atom stereocenters. The van der Waals surface area contributed by atoms with Gasteiger partial charge in [0.05, 0.1) is 17.8 Å². The third kappa shape index (κ3) is 0.700. The van der Waals surface area contributed by atoms with Crippen molar-refractivity contribution in [1.29, 1.82) is 0 Å². The Morgan fingerprint density at radius 3 is 2.56 bits per heavy atom. The zero-order chi connectivity index (χ0) is 6.48. The lowest BCUT2D eigenvalue weighted by Crippen LogP contribution is -2.35. The van der Waals surface area contributed by atoms with Gasteiger partial charge in [-0.05, 0) is 19.8 Å². The van der Waals surface area contributed by atoms with E-state index in [-0.39, 0.29) is 6.10 Å². The fourth-order valence-corrected chi connectivity index (χ4v) is 1.91. The molecule has 0 aromatic rings. The van der Waals surface area contributed by atoms with Crippen LogP contribution in [0, 0.1) is 0 Å². The maximum absolute atomic E-state index is 9.56. The lowest BCUT2D eigenvalue weighted by atomic mass is 9.87. The van der Waals surface area contributed by atoms with Crippen molar-refractivity contribution in [2.45, 2.75) is 44.0 Å². The Morgan fingerprint density at radius 1 is 1.56 bits per heavy atom. The molecular weight excluding hydrogens is 116 g/mol. The summed E-state index contributed by atoms with van der Waals surface area (Å²) in [5, 5.41) is 9.56. The van der Waals surface area contributed by atoms with Gasteiger partial charge in [0.2, 0.25) is 0 Å². The predicted molar refractivity (Wildman–Crippen MR) is 33.1 cm³/mol. The fraction of sp³-hybridized carbons (Fsp3) is 1.00. The first kappa shape index (κ1) is 5.69. The number of rotatable bonds is 0. The number of fused-ring (bicyclic) bond motifs is 2. The topological polar surface area (TPSA) is 29.5 Å². The molecule has 2 nitrogen and oxygen atoms in total. The first-order valence-corrected chi connectivity index (χ1v) is 3.56. The van der Waals surface area contributed by atoms with Crippen LogP contribution in [0.25, 0.3) is 0 Å². The van der Waals surface area contributed by atoms with Gasteiger partial charge in [0.15, 0.2) is 0 Å². The van der Waals surface area contributed by atoms with Crippen LogP contribution in [0.2, 0.25) is 0 Å². The van der Waals surface area contributed by atoms with Gasteiger partial charge in [0, 0.05) is 6.42 Å². The van der Waals surface area contributed by atoms with Gasteiger partial charge in [-0.15, -0.1) is 0 Å². The van der Waals surface area contributed by atoms with Crippen LogP contribution in [-0.2, 0) is 4.74 Å². The van der Waals surface area contributed by atoms with E-state index in [0.29, 0.717) is 6.10 Å². The van der Waals surface area contributed by atoms with E-state index in [4.69, 9.17) is 4.74 Å². The van der Waals surface area contributed by atoms with E-state index in [1.807, 2.05) is 6.92 Å². The van der Waals surface area contributed by atoms with Crippen molar-refractivity contribution in [2.24, 2.45) is 0 Å². The zero-order valence-electron chi connectivity index (χ0n) is 5.63. The second-order valence-electron chi connectivity index (χ2n) is 3.39. The van der Waals surface area contributed by atoms with Gasteiger partial charge in [0.25, 0.3) is 0 Å². The van der Waals surface area contributed by atoms with Crippen LogP contribution < -0.4 is 0 Å². The molecule has 0 saturated carbocycles. The Morgan fingerprint density at radius 2 is 2.33 bits per heavy atom. The van der Waals surface area contributed by atoms with Gasteiger partial charge >= 0.3 is 0 Å². The average Bonchev–Trinajstić information content (AvgIpc) is 2.19. The second kappa shape index (κ2) is 1.50. The van der Waals surface area contributed by atoms with Crippen LogP contribution in [0.3, 0.4) is 0 Å². The number of hydrogen-bond donors (Lipinski definition) is 1. The van der Waals surface area contributed by atoms with Gasteiger partial charge in [-0.1, -0.05) is 0 Å². The summed E-state index contributed by atoms with van der Waals surface area (Å²) >= 11 is 0. The highest BCUT2D eigenvalue weighted by molar-refractivity contribution is 4.98. The Balaban J connectivity index is 2.18. The summed E-state index contributed by atoms with van der Waals surface area (Å²) in [5.41, 5.74) is -0.511. The van der Waals surface area contributed by atoms with E-state index < -0.39 is 5.60 Å². The second-order valence-corrected chi connectivity index (χ2v) is 3.39. The largest absolute Gasteiger partial charge is 0.387 e. The number of aliphatic hydroxyl groups is 1. The van der Waals surface area contributed by atoms with Crippen molar-refractivity contribution in [3.63, 3.8) is 0 Å². The Bertz CT molecular complexity index is 131. The van der Waals surface area contributed by atoms with E-state index in [9.17, 15) is 5.11 Å². The Hall–Kier alpha value is -0.0800. The lowest BCUT2D eigenvalue weighted by Gasteiger charge is -2.24. The monoisotopic (exact) mass is 128 g/mol. The molecule has 2 heteroatoms. The smallest absolute Gasteiger partial charge is 0.0905 e. The zero-order valence-corrected chi connectivity index (χ0v) is 5.63. The highest BCUT2D eigenvalue weighted by Gasteiger charge is 2.47. The summed E-state index contributed by atoms with van der Waals surface area (Å²) < 4.78 is 5.44. The van der Waals surface area contributed by atoms with Crippen molar-refractivity contribution in [3.8, 4) is 0 Å². The molecule has 2 aliphatic rings. The lowest BCUT2D eigenvalue weighted by molar-refractivity contribution is -0.0146. The van der Waals surface area contributed by atoms with Gasteiger partial charge in [-0.3, -0.25) is 0 Å². The number of ether oxygens (including phenoxy) is 1. The van der Waals surface area contributed by atoms with E-state index in [1.165, 1.54) is 0 Å². The summed E-state index contributed by atoms with van der Waals surface area (Å²) in [6, 6.07) is 0. The molecule has 0 amide bonds. The van der Waals surface area contributed by atoms with E-state index >= 15 is 0 Å². The van der Waals surface area contributed by atoms with Gasteiger partial charge in [-0.2, -0.15) is 0 Å². The van der Waals surface area contributed by atoms with E-state index in [1.54, 1.807) is 0 Å². The third-order valence-corrected chi connectivity index (χ3v) is 2.44.